The van der Waals surface area contributed by atoms with Crippen LogP contribution in [-0.4, -0.2) is 66.0 Å². The lowest BCUT2D eigenvalue weighted by molar-refractivity contribution is 0.0605. The SMILES string of the molecule is CCC(CO)N1CCN(Cc2ccc(OC)cc2O)CC1. The number of ether oxygens (including phenoxy) is 1. The first-order valence-electron chi connectivity index (χ1n) is 7.61. The maximum absolute atomic E-state index is 10.0. The Labute approximate surface area is 126 Å². The van der Waals surface area contributed by atoms with Crippen molar-refractivity contribution in [1.82, 2.24) is 9.80 Å². The fourth-order valence-corrected chi connectivity index (χ4v) is 2.83. The van der Waals surface area contributed by atoms with Gasteiger partial charge in [0.25, 0.3) is 0 Å². The molecule has 1 unspecified atom stereocenters. The van der Waals surface area contributed by atoms with Crippen molar-refractivity contribution in [2.45, 2.75) is 25.9 Å². The van der Waals surface area contributed by atoms with E-state index in [-0.39, 0.29) is 12.6 Å². The first-order chi connectivity index (χ1) is 10.2. The van der Waals surface area contributed by atoms with Crippen LogP contribution < -0.4 is 4.74 Å². The number of aromatic hydroxyl groups is 1. The van der Waals surface area contributed by atoms with E-state index in [0.717, 1.165) is 44.7 Å². The highest BCUT2D eigenvalue weighted by atomic mass is 16.5. The van der Waals surface area contributed by atoms with Gasteiger partial charge < -0.3 is 14.9 Å². The number of phenols is 1. The summed E-state index contributed by atoms with van der Waals surface area (Å²) in [4.78, 5) is 4.69. The number of benzene rings is 1. The quantitative estimate of drug-likeness (QED) is 0.828. The fraction of sp³-hybridized carbons (Fsp3) is 0.625. The van der Waals surface area contributed by atoms with Crippen LogP contribution in [0, 0.1) is 0 Å². The van der Waals surface area contributed by atoms with E-state index in [1.165, 1.54) is 0 Å². The third-order valence-electron chi connectivity index (χ3n) is 4.29. The van der Waals surface area contributed by atoms with E-state index in [9.17, 15) is 10.2 Å². The number of aliphatic hydroxyl groups excluding tert-OH is 1. The summed E-state index contributed by atoms with van der Waals surface area (Å²) >= 11 is 0. The monoisotopic (exact) mass is 294 g/mol. The Morgan fingerprint density at radius 2 is 1.95 bits per heavy atom. The van der Waals surface area contributed by atoms with Gasteiger partial charge in [-0.2, -0.15) is 0 Å². The fourth-order valence-electron chi connectivity index (χ4n) is 2.83. The molecule has 21 heavy (non-hydrogen) atoms. The van der Waals surface area contributed by atoms with E-state index in [4.69, 9.17) is 4.74 Å². The zero-order valence-corrected chi connectivity index (χ0v) is 13.0. The van der Waals surface area contributed by atoms with Gasteiger partial charge in [-0.3, -0.25) is 9.80 Å². The number of phenolic OH excluding ortho intramolecular Hbond substituents is 1. The molecule has 0 radical (unpaired) electrons. The molecule has 1 aliphatic rings. The zero-order chi connectivity index (χ0) is 15.2. The van der Waals surface area contributed by atoms with Crippen molar-refractivity contribution in [1.29, 1.82) is 0 Å². The predicted molar refractivity (Wildman–Crippen MR) is 82.7 cm³/mol. The smallest absolute Gasteiger partial charge is 0.123 e. The lowest BCUT2D eigenvalue weighted by Crippen LogP contribution is -2.50. The van der Waals surface area contributed by atoms with E-state index in [2.05, 4.69) is 16.7 Å². The Bertz CT molecular complexity index is 441. The molecule has 1 aromatic carbocycles. The number of hydrogen-bond acceptors (Lipinski definition) is 5. The molecule has 0 spiro atoms. The number of aliphatic hydroxyl groups is 1. The van der Waals surface area contributed by atoms with Gasteiger partial charge in [0.1, 0.15) is 11.5 Å². The summed E-state index contributed by atoms with van der Waals surface area (Å²) in [5, 5.41) is 19.4. The number of hydrogen-bond donors (Lipinski definition) is 2. The Morgan fingerprint density at radius 3 is 2.48 bits per heavy atom. The van der Waals surface area contributed by atoms with Crippen LogP contribution in [0.25, 0.3) is 0 Å². The van der Waals surface area contributed by atoms with E-state index in [1.54, 1.807) is 13.2 Å². The normalized spacial score (nSPS) is 18.6. The largest absolute Gasteiger partial charge is 0.507 e. The lowest BCUT2D eigenvalue weighted by Gasteiger charge is -2.38. The number of piperazine rings is 1. The van der Waals surface area contributed by atoms with Gasteiger partial charge in [-0.15, -0.1) is 0 Å². The van der Waals surface area contributed by atoms with Crippen LogP contribution in [0.5, 0.6) is 11.5 Å². The molecule has 1 saturated heterocycles. The van der Waals surface area contributed by atoms with Crippen LogP contribution in [0.15, 0.2) is 18.2 Å². The number of rotatable bonds is 6. The van der Waals surface area contributed by atoms with Gasteiger partial charge in [0.15, 0.2) is 0 Å². The Hall–Kier alpha value is -1.30. The van der Waals surface area contributed by atoms with Gasteiger partial charge in [0.2, 0.25) is 0 Å². The van der Waals surface area contributed by atoms with Gasteiger partial charge in [-0.1, -0.05) is 13.0 Å². The van der Waals surface area contributed by atoms with E-state index < -0.39 is 0 Å². The highest BCUT2D eigenvalue weighted by Crippen LogP contribution is 2.25. The molecule has 0 amide bonds. The second kappa shape index (κ2) is 7.64. The molecule has 0 bridgehead atoms. The van der Waals surface area contributed by atoms with Crippen molar-refractivity contribution in [2.24, 2.45) is 0 Å². The molecule has 0 aromatic heterocycles. The minimum atomic E-state index is 0.232. The Balaban J connectivity index is 1.89. The van der Waals surface area contributed by atoms with Crippen molar-refractivity contribution in [3.8, 4) is 11.5 Å². The molecular formula is C16H26N2O3. The van der Waals surface area contributed by atoms with Crippen LogP contribution in [-0.2, 0) is 6.54 Å². The minimum Gasteiger partial charge on any atom is -0.507 e. The molecule has 5 heteroatoms. The van der Waals surface area contributed by atoms with Crippen LogP contribution in [0.1, 0.15) is 18.9 Å². The molecule has 1 heterocycles. The summed E-state index contributed by atoms with van der Waals surface area (Å²) in [6.07, 6.45) is 0.982. The van der Waals surface area contributed by atoms with Crippen molar-refractivity contribution >= 4 is 0 Å². The molecule has 118 valence electrons. The molecular weight excluding hydrogens is 268 g/mol. The maximum atomic E-state index is 10.0. The van der Waals surface area contributed by atoms with Crippen molar-refractivity contribution in [3.05, 3.63) is 23.8 Å². The molecule has 5 nitrogen and oxygen atoms in total. The highest BCUT2D eigenvalue weighted by Gasteiger charge is 2.22. The lowest BCUT2D eigenvalue weighted by atomic mass is 10.1. The summed E-state index contributed by atoms with van der Waals surface area (Å²) in [6.45, 7) is 6.95. The summed E-state index contributed by atoms with van der Waals surface area (Å²) < 4.78 is 5.10. The molecule has 1 atom stereocenters. The third-order valence-corrected chi connectivity index (χ3v) is 4.29. The van der Waals surface area contributed by atoms with Gasteiger partial charge in [-0.05, 0) is 12.5 Å². The first kappa shape index (κ1) is 16.1. The summed E-state index contributed by atoms with van der Waals surface area (Å²) in [7, 11) is 1.60. The molecule has 0 aliphatic carbocycles. The highest BCUT2D eigenvalue weighted by molar-refractivity contribution is 5.39. The minimum absolute atomic E-state index is 0.232. The van der Waals surface area contributed by atoms with E-state index in [1.807, 2.05) is 12.1 Å². The first-order valence-corrected chi connectivity index (χ1v) is 7.61. The summed E-state index contributed by atoms with van der Waals surface area (Å²) in [6, 6.07) is 5.74. The third kappa shape index (κ3) is 4.09. The zero-order valence-electron chi connectivity index (χ0n) is 13.0. The van der Waals surface area contributed by atoms with E-state index >= 15 is 0 Å². The molecule has 1 aromatic rings. The molecule has 0 saturated carbocycles. The van der Waals surface area contributed by atoms with Crippen LogP contribution in [0.3, 0.4) is 0 Å². The van der Waals surface area contributed by atoms with Gasteiger partial charge in [0.05, 0.1) is 13.7 Å². The van der Waals surface area contributed by atoms with Crippen LogP contribution >= 0.6 is 0 Å². The van der Waals surface area contributed by atoms with Gasteiger partial charge >= 0.3 is 0 Å². The van der Waals surface area contributed by atoms with Gasteiger partial charge in [0, 0.05) is 50.4 Å². The van der Waals surface area contributed by atoms with Crippen LogP contribution in [0.2, 0.25) is 0 Å². The standard InChI is InChI=1S/C16H26N2O3/c1-3-14(12-19)18-8-6-17(7-9-18)11-13-4-5-15(21-2)10-16(13)20/h4-5,10,14,19-20H,3,6-9,11-12H2,1-2H3. The molecule has 2 rings (SSSR count). The van der Waals surface area contributed by atoms with Crippen molar-refractivity contribution in [2.75, 3.05) is 39.9 Å². The molecule has 2 N–H and O–H groups in total. The molecule has 1 fully saturated rings. The number of nitrogens with zero attached hydrogens (tertiary/aromatic N) is 2. The topological polar surface area (TPSA) is 56.2 Å². The predicted octanol–water partition coefficient (Wildman–Crippen LogP) is 1.29. The Kier molecular flexibility index (Phi) is 5.85. The molecule has 1 aliphatic heterocycles. The summed E-state index contributed by atoms with van der Waals surface area (Å²) in [5.74, 6) is 0.966. The van der Waals surface area contributed by atoms with Crippen molar-refractivity contribution < 1.29 is 14.9 Å². The Morgan fingerprint density at radius 1 is 1.24 bits per heavy atom. The average molecular weight is 294 g/mol. The van der Waals surface area contributed by atoms with Gasteiger partial charge in [-0.25, -0.2) is 0 Å². The average Bonchev–Trinajstić information content (AvgIpc) is 2.52. The summed E-state index contributed by atoms with van der Waals surface area (Å²) in [5.41, 5.74) is 0.929. The maximum Gasteiger partial charge on any atom is 0.123 e. The second-order valence-electron chi connectivity index (χ2n) is 5.55. The van der Waals surface area contributed by atoms with Crippen molar-refractivity contribution in [3.63, 3.8) is 0 Å². The number of methoxy groups -OCH3 is 1. The van der Waals surface area contributed by atoms with E-state index in [0.29, 0.717) is 11.5 Å². The van der Waals surface area contributed by atoms with Crippen LogP contribution in [0.4, 0.5) is 0 Å². The second-order valence-corrected chi connectivity index (χ2v) is 5.55.